The number of nitrogens with one attached hydrogen (secondary N) is 2. The third kappa shape index (κ3) is 2.28. The molecule has 2 rings (SSSR count). The fourth-order valence-corrected chi connectivity index (χ4v) is 1.34. The Hall–Kier alpha value is -2.11. The number of hydrogen-bond donors (Lipinski definition) is 3. The van der Waals surface area contributed by atoms with Gasteiger partial charge in [0.15, 0.2) is 0 Å². The second-order valence-electron chi connectivity index (χ2n) is 3.41. The van der Waals surface area contributed by atoms with Gasteiger partial charge in [0.1, 0.15) is 18.0 Å². The molecule has 0 radical (unpaired) electrons. The molecule has 84 valence electrons. The van der Waals surface area contributed by atoms with E-state index >= 15 is 0 Å². The van der Waals surface area contributed by atoms with E-state index in [2.05, 4.69) is 32.4 Å². The summed E-state index contributed by atoms with van der Waals surface area (Å²) in [5.41, 5.74) is 7.61. The molecule has 0 spiro atoms. The molecule has 6 nitrogen and oxygen atoms in total. The number of H-pyrrole nitrogens is 1. The SMILES string of the molecule is CCc1cc(NCc2cn[nH]c2N)ncn1. The van der Waals surface area contributed by atoms with Gasteiger partial charge in [-0.2, -0.15) is 5.10 Å². The molecule has 0 aliphatic rings. The van der Waals surface area contributed by atoms with Crippen molar-refractivity contribution in [3.63, 3.8) is 0 Å². The third-order valence-corrected chi connectivity index (χ3v) is 2.30. The van der Waals surface area contributed by atoms with Crippen molar-refractivity contribution >= 4 is 11.6 Å². The monoisotopic (exact) mass is 218 g/mol. The summed E-state index contributed by atoms with van der Waals surface area (Å²) in [5.74, 6) is 1.38. The van der Waals surface area contributed by atoms with Gasteiger partial charge in [-0.3, -0.25) is 5.10 Å². The van der Waals surface area contributed by atoms with Gasteiger partial charge in [-0.15, -0.1) is 0 Å². The predicted molar refractivity (Wildman–Crippen MR) is 61.7 cm³/mol. The Morgan fingerprint density at radius 2 is 2.31 bits per heavy atom. The van der Waals surface area contributed by atoms with Crippen LogP contribution in [0.1, 0.15) is 18.2 Å². The first-order chi connectivity index (χ1) is 7.79. The zero-order valence-corrected chi connectivity index (χ0v) is 9.07. The molecular formula is C10H14N6. The smallest absolute Gasteiger partial charge is 0.129 e. The molecule has 0 saturated carbocycles. The van der Waals surface area contributed by atoms with Gasteiger partial charge in [-0.25, -0.2) is 9.97 Å². The summed E-state index contributed by atoms with van der Waals surface area (Å²) in [5, 5.41) is 9.70. The number of nitrogens with two attached hydrogens (primary N) is 1. The topological polar surface area (TPSA) is 92.5 Å². The van der Waals surface area contributed by atoms with E-state index in [0.717, 1.165) is 23.5 Å². The quantitative estimate of drug-likeness (QED) is 0.710. The van der Waals surface area contributed by atoms with Crippen molar-refractivity contribution in [2.45, 2.75) is 19.9 Å². The average Bonchev–Trinajstić information content (AvgIpc) is 2.72. The van der Waals surface area contributed by atoms with Crippen LogP contribution in [0.4, 0.5) is 11.6 Å². The molecule has 2 aromatic heterocycles. The second kappa shape index (κ2) is 4.61. The molecule has 6 heteroatoms. The van der Waals surface area contributed by atoms with Crippen molar-refractivity contribution in [1.82, 2.24) is 20.2 Å². The van der Waals surface area contributed by atoms with E-state index in [1.165, 1.54) is 0 Å². The Balaban J connectivity index is 2.02. The number of aromatic amines is 1. The minimum absolute atomic E-state index is 0.581. The lowest BCUT2D eigenvalue weighted by Gasteiger charge is -2.05. The van der Waals surface area contributed by atoms with Gasteiger partial charge in [0.05, 0.1) is 6.20 Å². The molecule has 0 aliphatic heterocycles. The molecule has 0 amide bonds. The Bertz CT molecular complexity index is 464. The van der Waals surface area contributed by atoms with Crippen molar-refractivity contribution < 1.29 is 0 Å². The maximum absolute atomic E-state index is 5.67. The first-order valence-corrected chi connectivity index (χ1v) is 5.12. The van der Waals surface area contributed by atoms with Crippen molar-refractivity contribution in [1.29, 1.82) is 0 Å². The Morgan fingerprint density at radius 1 is 1.44 bits per heavy atom. The molecule has 0 unspecified atom stereocenters. The number of aromatic nitrogens is 4. The molecule has 0 aromatic carbocycles. The van der Waals surface area contributed by atoms with Crippen molar-refractivity contribution in [2.24, 2.45) is 0 Å². The van der Waals surface area contributed by atoms with E-state index in [1.807, 2.05) is 6.07 Å². The molecule has 2 heterocycles. The molecular weight excluding hydrogens is 204 g/mol. The highest BCUT2D eigenvalue weighted by Crippen LogP contribution is 2.10. The van der Waals surface area contributed by atoms with Crippen LogP contribution in [0.2, 0.25) is 0 Å². The zero-order chi connectivity index (χ0) is 11.4. The average molecular weight is 218 g/mol. The number of aryl methyl sites for hydroxylation is 1. The number of nitrogen functional groups attached to an aromatic ring is 1. The van der Waals surface area contributed by atoms with Gasteiger partial charge >= 0.3 is 0 Å². The highest BCUT2D eigenvalue weighted by molar-refractivity contribution is 5.42. The van der Waals surface area contributed by atoms with E-state index in [-0.39, 0.29) is 0 Å². The Labute approximate surface area is 93.3 Å². The molecule has 0 aliphatic carbocycles. The van der Waals surface area contributed by atoms with E-state index in [1.54, 1.807) is 12.5 Å². The highest BCUT2D eigenvalue weighted by atomic mass is 15.1. The lowest BCUT2D eigenvalue weighted by molar-refractivity contribution is 0.987. The molecule has 0 atom stereocenters. The number of hydrogen-bond acceptors (Lipinski definition) is 5. The Kier molecular flexibility index (Phi) is 3.00. The van der Waals surface area contributed by atoms with Gasteiger partial charge in [0.25, 0.3) is 0 Å². The van der Waals surface area contributed by atoms with E-state index in [0.29, 0.717) is 12.4 Å². The normalized spacial score (nSPS) is 10.3. The summed E-state index contributed by atoms with van der Waals surface area (Å²) in [6, 6.07) is 1.93. The largest absolute Gasteiger partial charge is 0.384 e. The molecule has 0 saturated heterocycles. The van der Waals surface area contributed by atoms with E-state index < -0.39 is 0 Å². The van der Waals surface area contributed by atoms with Gasteiger partial charge < -0.3 is 11.1 Å². The predicted octanol–water partition coefficient (Wildman–Crippen LogP) is 0.956. The van der Waals surface area contributed by atoms with Gasteiger partial charge in [0.2, 0.25) is 0 Å². The van der Waals surface area contributed by atoms with E-state index in [9.17, 15) is 0 Å². The summed E-state index contributed by atoms with van der Waals surface area (Å²) in [4.78, 5) is 8.25. The zero-order valence-electron chi connectivity index (χ0n) is 9.07. The first-order valence-electron chi connectivity index (χ1n) is 5.12. The molecule has 16 heavy (non-hydrogen) atoms. The standard InChI is InChI=1S/C10H14N6/c1-2-8-3-9(14-6-13-8)12-4-7-5-15-16-10(7)11/h3,5-6H,2,4H2,1H3,(H3,11,15,16)(H,12,13,14). The van der Waals surface area contributed by atoms with Crippen LogP contribution in [0.25, 0.3) is 0 Å². The van der Waals surface area contributed by atoms with E-state index in [4.69, 9.17) is 5.73 Å². The maximum atomic E-state index is 5.67. The summed E-state index contributed by atoms with van der Waals surface area (Å²) >= 11 is 0. The number of anilines is 2. The van der Waals surface area contributed by atoms with Crippen LogP contribution in [-0.2, 0) is 13.0 Å². The minimum atomic E-state index is 0.581. The molecule has 0 bridgehead atoms. The third-order valence-electron chi connectivity index (χ3n) is 2.30. The van der Waals surface area contributed by atoms with Crippen LogP contribution in [0.3, 0.4) is 0 Å². The Morgan fingerprint density at radius 3 is 3.00 bits per heavy atom. The summed E-state index contributed by atoms with van der Waals surface area (Å²) in [6.45, 7) is 2.66. The van der Waals surface area contributed by atoms with Crippen LogP contribution >= 0.6 is 0 Å². The molecule has 2 aromatic rings. The maximum Gasteiger partial charge on any atom is 0.129 e. The van der Waals surface area contributed by atoms with Gasteiger partial charge in [-0.05, 0) is 6.42 Å². The summed E-state index contributed by atoms with van der Waals surface area (Å²) < 4.78 is 0. The highest BCUT2D eigenvalue weighted by Gasteiger charge is 2.01. The van der Waals surface area contributed by atoms with Gasteiger partial charge in [0, 0.05) is 23.9 Å². The van der Waals surface area contributed by atoms with Gasteiger partial charge in [-0.1, -0.05) is 6.92 Å². The fourth-order valence-electron chi connectivity index (χ4n) is 1.34. The second-order valence-corrected chi connectivity index (χ2v) is 3.41. The van der Waals surface area contributed by atoms with Crippen molar-refractivity contribution in [3.8, 4) is 0 Å². The summed E-state index contributed by atoms with van der Waals surface area (Å²) in [6.07, 6.45) is 4.15. The lowest BCUT2D eigenvalue weighted by atomic mass is 10.3. The van der Waals surface area contributed by atoms with Crippen molar-refractivity contribution in [3.05, 3.63) is 29.8 Å². The van der Waals surface area contributed by atoms with Crippen LogP contribution in [0, 0.1) is 0 Å². The lowest BCUT2D eigenvalue weighted by Crippen LogP contribution is -2.04. The van der Waals surface area contributed by atoms with Crippen LogP contribution in [0.15, 0.2) is 18.6 Å². The van der Waals surface area contributed by atoms with Crippen LogP contribution in [0.5, 0.6) is 0 Å². The van der Waals surface area contributed by atoms with Crippen LogP contribution in [-0.4, -0.2) is 20.2 Å². The fraction of sp³-hybridized carbons (Fsp3) is 0.300. The summed E-state index contributed by atoms with van der Waals surface area (Å²) in [7, 11) is 0. The van der Waals surface area contributed by atoms with Crippen LogP contribution < -0.4 is 11.1 Å². The first kappa shape index (κ1) is 10.4. The number of rotatable bonds is 4. The molecule has 0 fully saturated rings. The van der Waals surface area contributed by atoms with Crippen molar-refractivity contribution in [2.75, 3.05) is 11.1 Å². The minimum Gasteiger partial charge on any atom is -0.384 e. The molecule has 4 N–H and O–H groups in total. The number of nitrogens with zero attached hydrogens (tertiary/aromatic N) is 3.